The first kappa shape index (κ1) is 14.8. The molecule has 0 unspecified atom stereocenters. The first-order valence-corrected chi connectivity index (χ1v) is 6.90. The number of nitriles is 1. The maximum absolute atomic E-state index is 12.1. The zero-order chi connectivity index (χ0) is 15.4. The van der Waals surface area contributed by atoms with E-state index in [0.717, 1.165) is 11.9 Å². The van der Waals surface area contributed by atoms with E-state index >= 15 is 0 Å². The van der Waals surface area contributed by atoms with Gasteiger partial charge < -0.3 is 0 Å². The molecule has 0 aliphatic heterocycles. The van der Waals surface area contributed by atoms with Crippen LogP contribution in [0, 0.1) is 28.4 Å². The van der Waals surface area contributed by atoms with Crippen LogP contribution >= 0.6 is 11.3 Å². The molecule has 0 saturated carbocycles. The first-order chi connectivity index (χ1) is 10.0. The minimum atomic E-state index is -0.894. The van der Waals surface area contributed by atoms with E-state index in [2.05, 4.69) is 10.1 Å². The largest absolute Gasteiger partial charge is 0.306 e. The number of hydrogen-bond acceptors (Lipinski definition) is 7. The summed E-state index contributed by atoms with van der Waals surface area (Å²) in [5, 5.41) is 25.7. The highest BCUT2D eigenvalue weighted by Crippen LogP contribution is 2.22. The van der Waals surface area contributed by atoms with Gasteiger partial charge in [-0.25, -0.2) is 4.98 Å². The number of rotatable bonds is 6. The lowest BCUT2D eigenvalue weighted by Gasteiger charge is -2.05. The van der Waals surface area contributed by atoms with E-state index in [4.69, 9.17) is 5.26 Å². The Kier molecular flexibility index (Phi) is 4.39. The molecule has 2 rings (SSSR count). The average molecular weight is 305 g/mol. The number of aromatic nitrogens is 3. The van der Waals surface area contributed by atoms with E-state index < -0.39 is 10.8 Å². The minimum absolute atomic E-state index is 0.0652. The molecule has 0 aromatic carbocycles. The van der Waals surface area contributed by atoms with Gasteiger partial charge in [0.25, 0.3) is 0 Å². The van der Waals surface area contributed by atoms with Gasteiger partial charge in [0.2, 0.25) is 0 Å². The normalized spacial score (nSPS) is 11.8. The summed E-state index contributed by atoms with van der Waals surface area (Å²) in [6.45, 7) is 1.98. The van der Waals surface area contributed by atoms with Crippen molar-refractivity contribution < 1.29 is 9.72 Å². The Morgan fingerprint density at radius 2 is 2.43 bits per heavy atom. The molecule has 21 heavy (non-hydrogen) atoms. The molecule has 0 radical (unpaired) electrons. The summed E-state index contributed by atoms with van der Waals surface area (Å²) in [6, 6.07) is 1.95. The Bertz CT molecular complexity index is 715. The fraction of sp³-hybridized carbons (Fsp3) is 0.333. The first-order valence-electron chi connectivity index (χ1n) is 6.02. The van der Waals surface area contributed by atoms with Crippen LogP contribution in [0.3, 0.4) is 0 Å². The number of thiazole rings is 1. The van der Waals surface area contributed by atoms with Crippen molar-refractivity contribution in [2.75, 3.05) is 0 Å². The number of Topliss-reactive ketones (excluding diaryl/α,β-unsaturated/α-hetero) is 1. The molecule has 0 amide bonds. The van der Waals surface area contributed by atoms with Crippen LogP contribution in [0.15, 0.2) is 17.8 Å². The Hall–Kier alpha value is -2.60. The molecule has 0 aliphatic rings. The van der Waals surface area contributed by atoms with E-state index in [0.29, 0.717) is 5.01 Å². The zero-order valence-electron chi connectivity index (χ0n) is 11.1. The fourth-order valence-electron chi connectivity index (χ4n) is 1.71. The van der Waals surface area contributed by atoms with Crippen molar-refractivity contribution in [3.8, 4) is 6.07 Å². The molecule has 108 valence electrons. The van der Waals surface area contributed by atoms with Gasteiger partial charge in [0.1, 0.15) is 17.4 Å². The second-order valence-electron chi connectivity index (χ2n) is 4.32. The van der Waals surface area contributed by atoms with Crippen molar-refractivity contribution in [3.63, 3.8) is 0 Å². The molecular formula is C12H11N5O3S. The highest BCUT2D eigenvalue weighted by atomic mass is 32.1. The highest BCUT2D eigenvalue weighted by molar-refractivity contribution is 7.09. The van der Waals surface area contributed by atoms with Crippen molar-refractivity contribution in [1.82, 2.24) is 14.8 Å². The smallest absolute Gasteiger partial charge is 0.298 e. The monoisotopic (exact) mass is 305 g/mol. The molecule has 0 bridgehead atoms. The van der Waals surface area contributed by atoms with Gasteiger partial charge in [-0.15, -0.1) is 11.3 Å². The molecule has 0 N–H and O–H groups in total. The third kappa shape index (κ3) is 3.49. The van der Waals surface area contributed by atoms with Crippen molar-refractivity contribution in [1.29, 1.82) is 5.26 Å². The van der Waals surface area contributed by atoms with Crippen molar-refractivity contribution in [3.05, 3.63) is 38.6 Å². The van der Waals surface area contributed by atoms with Crippen LogP contribution in [0.1, 0.15) is 23.0 Å². The summed E-state index contributed by atoms with van der Waals surface area (Å²) in [5.41, 5.74) is 0.639. The second kappa shape index (κ2) is 6.23. The van der Waals surface area contributed by atoms with E-state index in [1.165, 1.54) is 22.2 Å². The predicted molar refractivity (Wildman–Crippen MR) is 73.7 cm³/mol. The Morgan fingerprint density at radius 1 is 1.67 bits per heavy atom. The molecule has 2 aromatic heterocycles. The summed E-state index contributed by atoms with van der Waals surface area (Å²) in [7, 11) is 0. The number of carbonyl (C=O) groups is 1. The zero-order valence-corrected chi connectivity index (χ0v) is 11.9. The van der Waals surface area contributed by atoms with Gasteiger partial charge in [-0.3, -0.25) is 19.6 Å². The molecule has 9 heteroatoms. The average Bonchev–Trinajstić information content (AvgIpc) is 3.06. The molecule has 8 nitrogen and oxygen atoms in total. The van der Waals surface area contributed by atoms with Crippen molar-refractivity contribution in [2.24, 2.45) is 0 Å². The van der Waals surface area contributed by atoms with Crippen molar-refractivity contribution in [2.45, 2.75) is 25.8 Å². The van der Waals surface area contributed by atoms with Gasteiger partial charge in [-0.1, -0.05) is 0 Å². The third-order valence-corrected chi connectivity index (χ3v) is 3.78. The van der Waals surface area contributed by atoms with E-state index in [1.807, 2.05) is 6.07 Å². The maximum Gasteiger partial charge on any atom is 0.306 e. The lowest BCUT2D eigenvalue weighted by molar-refractivity contribution is -0.385. The van der Waals surface area contributed by atoms with Gasteiger partial charge >= 0.3 is 5.69 Å². The second-order valence-corrected chi connectivity index (χ2v) is 5.21. The van der Waals surface area contributed by atoms with Crippen LogP contribution in [-0.2, 0) is 11.3 Å². The Morgan fingerprint density at radius 3 is 2.95 bits per heavy atom. The number of hydrogen-bond donors (Lipinski definition) is 0. The third-order valence-electron chi connectivity index (χ3n) is 2.75. The summed E-state index contributed by atoms with van der Waals surface area (Å²) in [6.07, 6.45) is 2.44. The van der Waals surface area contributed by atoms with Gasteiger partial charge in [0, 0.05) is 24.0 Å². The number of carbonyl (C=O) groups excluding carboxylic acids is 1. The van der Waals surface area contributed by atoms with Gasteiger partial charge in [0.15, 0.2) is 11.7 Å². The van der Waals surface area contributed by atoms with Crippen LogP contribution < -0.4 is 0 Å². The van der Waals surface area contributed by atoms with Gasteiger partial charge in [0.05, 0.1) is 11.0 Å². The lowest BCUT2D eigenvalue weighted by atomic mass is 10.0. The van der Waals surface area contributed by atoms with Crippen LogP contribution in [0.2, 0.25) is 0 Å². The summed E-state index contributed by atoms with van der Waals surface area (Å²) in [5.74, 6) is -1.17. The number of nitro groups is 1. The van der Waals surface area contributed by atoms with Crippen LogP contribution in [0.25, 0.3) is 0 Å². The van der Waals surface area contributed by atoms with Crippen molar-refractivity contribution >= 4 is 22.8 Å². The quantitative estimate of drug-likeness (QED) is 0.594. The number of ketones is 1. The molecular weight excluding hydrogens is 294 g/mol. The van der Waals surface area contributed by atoms with E-state index in [-0.39, 0.29) is 24.4 Å². The molecule has 2 heterocycles. The number of nitrogens with zero attached hydrogens (tertiary/aromatic N) is 5. The van der Waals surface area contributed by atoms with E-state index in [1.54, 1.807) is 12.3 Å². The number of aryl methyl sites for hydroxylation is 2. The lowest BCUT2D eigenvalue weighted by Crippen LogP contribution is -2.14. The van der Waals surface area contributed by atoms with Crippen LogP contribution in [0.4, 0.5) is 5.69 Å². The molecule has 0 spiro atoms. The molecule has 0 aliphatic carbocycles. The highest BCUT2D eigenvalue weighted by Gasteiger charge is 2.23. The predicted octanol–water partition coefficient (Wildman–Crippen LogP) is 1.82. The molecule has 0 saturated heterocycles. The van der Waals surface area contributed by atoms with E-state index in [9.17, 15) is 14.9 Å². The van der Waals surface area contributed by atoms with Gasteiger partial charge in [-0.2, -0.15) is 10.4 Å². The standard InChI is InChI=1S/C12H11N5O3S/c1-8-7-21-12(15-8)10(4-13)11(18)2-3-16-6-9(5-14-16)17(19)20/h5-7,10H,2-3H2,1H3/t10-/m0/s1. The molecule has 1 atom stereocenters. The SMILES string of the molecule is Cc1csc([C@@H](C#N)C(=O)CCn2cc([N+](=O)[O-])cn2)n1. The maximum atomic E-state index is 12.1. The van der Waals surface area contributed by atoms with Crippen LogP contribution in [-0.4, -0.2) is 25.5 Å². The molecule has 0 fully saturated rings. The Labute approximate surface area is 123 Å². The summed E-state index contributed by atoms with van der Waals surface area (Å²) >= 11 is 1.27. The fourth-order valence-corrected chi connectivity index (χ4v) is 2.57. The van der Waals surface area contributed by atoms with Gasteiger partial charge in [-0.05, 0) is 6.92 Å². The summed E-state index contributed by atoms with van der Waals surface area (Å²) in [4.78, 5) is 26.2. The molecule has 2 aromatic rings. The minimum Gasteiger partial charge on any atom is -0.298 e. The van der Waals surface area contributed by atoms with Crippen LogP contribution in [0.5, 0.6) is 0 Å². The topological polar surface area (TPSA) is 115 Å². The Balaban J connectivity index is 2.00. The summed E-state index contributed by atoms with van der Waals surface area (Å²) < 4.78 is 1.32.